The van der Waals surface area contributed by atoms with E-state index in [9.17, 15) is 8.42 Å². The maximum atomic E-state index is 11.6. The molecule has 4 aromatic rings. The fraction of sp³-hybridized carbons (Fsp3) is 0.0870. The highest BCUT2D eigenvalue weighted by molar-refractivity contribution is 7.89. The minimum Gasteiger partial charge on any atom is -0.497 e. The molecule has 0 saturated heterocycles. The number of hydrogen-bond acceptors (Lipinski definition) is 4. The van der Waals surface area contributed by atoms with Gasteiger partial charge in [-0.15, -0.1) is 0 Å². The van der Waals surface area contributed by atoms with E-state index in [0.717, 1.165) is 34.0 Å². The second-order valence-electron chi connectivity index (χ2n) is 6.86. The minimum atomic E-state index is -3.75. The second-order valence-corrected chi connectivity index (χ2v) is 8.42. The topological polar surface area (TPSA) is 87.2 Å². The second kappa shape index (κ2) is 8.14. The van der Waals surface area contributed by atoms with Crippen LogP contribution < -0.4 is 9.88 Å². The number of primary sulfonamides is 1. The van der Waals surface area contributed by atoms with Crippen LogP contribution >= 0.6 is 0 Å². The van der Waals surface area contributed by atoms with Crippen molar-refractivity contribution in [2.24, 2.45) is 5.14 Å². The smallest absolute Gasteiger partial charge is 0.238 e. The van der Waals surface area contributed by atoms with Gasteiger partial charge in [0.1, 0.15) is 5.75 Å². The van der Waals surface area contributed by atoms with Crippen LogP contribution in [0.4, 0.5) is 0 Å². The van der Waals surface area contributed by atoms with Gasteiger partial charge in [0.25, 0.3) is 0 Å². The fourth-order valence-electron chi connectivity index (χ4n) is 3.25. The number of ether oxygens (including phenoxy) is 1. The number of sulfonamides is 1. The Hall–Kier alpha value is -3.42. The molecule has 0 bridgehead atoms. The molecule has 1 aromatic heterocycles. The van der Waals surface area contributed by atoms with Crippen LogP contribution in [0, 0.1) is 0 Å². The van der Waals surface area contributed by atoms with Gasteiger partial charge in [-0.05, 0) is 60.2 Å². The molecule has 152 valence electrons. The van der Waals surface area contributed by atoms with Crippen molar-refractivity contribution >= 4 is 10.0 Å². The van der Waals surface area contributed by atoms with Crippen molar-refractivity contribution in [3.63, 3.8) is 0 Å². The molecule has 0 aliphatic carbocycles. The third-order valence-corrected chi connectivity index (χ3v) is 5.74. The lowest BCUT2D eigenvalue weighted by Gasteiger charge is -2.08. The third-order valence-electron chi connectivity index (χ3n) is 4.81. The molecule has 4 rings (SSSR count). The van der Waals surface area contributed by atoms with Gasteiger partial charge in [-0.25, -0.2) is 18.2 Å². The molecule has 0 atom stereocenters. The number of methoxy groups -OCH3 is 1. The molecule has 0 amide bonds. The SMILES string of the molecule is COc1ccc(-c2cc(Cc3ccccc3)n(-c3ccc(S(N)(=O)=O)cc3)n2)cc1. The summed E-state index contributed by atoms with van der Waals surface area (Å²) in [6, 6.07) is 26.3. The van der Waals surface area contributed by atoms with Crippen LogP contribution in [0.1, 0.15) is 11.3 Å². The summed E-state index contributed by atoms with van der Waals surface area (Å²) in [6.07, 6.45) is 0.681. The van der Waals surface area contributed by atoms with Crippen LogP contribution in [-0.4, -0.2) is 25.3 Å². The summed E-state index contributed by atoms with van der Waals surface area (Å²) in [5.74, 6) is 0.779. The molecule has 30 heavy (non-hydrogen) atoms. The Morgan fingerprint density at radius 3 is 2.20 bits per heavy atom. The van der Waals surface area contributed by atoms with Gasteiger partial charge in [-0.3, -0.25) is 0 Å². The van der Waals surface area contributed by atoms with Gasteiger partial charge in [0.05, 0.1) is 23.4 Å². The first kappa shape index (κ1) is 19.9. The number of hydrogen-bond donors (Lipinski definition) is 1. The Kier molecular flexibility index (Phi) is 5.39. The summed E-state index contributed by atoms with van der Waals surface area (Å²) in [6.45, 7) is 0. The minimum absolute atomic E-state index is 0.0680. The first-order valence-electron chi connectivity index (χ1n) is 9.34. The molecular formula is C23H21N3O3S. The first-order valence-corrected chi connectivity index (χ1v) is 10.9. The summed E-state index contributed by atoms with van der Waals surface area (Å²) < 4.78 is 30.2. The van der Waals surface area contributed by atoms with Crippen molar-refractivity contribution in [1.82, 2.24) is 9.78 Å². The van der Waals surface area contributed by atoms with Crippen molar-refractivity contribution in [2.75, 3.05) is 7.11 Å². The van der Waals surface area contributed by atoms with Crippen LogP contribution in [-0.2, 0) is 16.4 Å². The fourth-order valence-corrected chi connectivity index (χ4v) is 3.77. The van der Waals surface area contributed by atoms with E-state index in [1.54, 1.807) is 19.2 Å². The van der Waals surface area contributed by atoms with Crippen LogP contribution in [0.15, 0.2) is 89.8 Å². The Morgan fingerprint density at radius 2 is 1.60 bits per heavy atom. The van der Waals surface area contributed by atoms with Gasteiger partial charge in [-0.2, -0.15) is 5.10 Å². The van der Waals surface area contributed by atoms with Crippen LogP contribution in [0.2, 0.25) is 0 Å². The van der Waals surface area contributed by atoms with Gasteiger partial charge in [0, 0.05) is 17.7 Å². The Bertz CT molecular complexity index is 1250. The van der Waals surface area contributed by atoms with Gasteiger partial charge in [-0.1, -0.05) is 30.3 Å². The first-order chi connectivity index (χ1) is 14.4. The van der Waals surface area contributed by atoms with Gasteiger partial charge >= 0.3 is 0 Å². The maximum Gasteiger partial charge on any atom is 0.238 e. The Labute approximate surface area is 175 Å². The normalized spacial score (nSPS) is 11.4. The predicted molar refractivity (Wildman–Crippen MR) is 116 cm³/mol. The largest absolute Gasteiger partial charge is 0.497 e. The molecule has 6 nitrogen and oxygen atoms in total. The number of rotatable bonds is 6. The molecule has 0 unspecified atom stereocenters. The van der Waals surface area contributed by atoms with Crippen LogP contribution in [0.3, 0.4) is 0 Å². The number of benzene rings is 3. The summed E-state index contributed by atoms with van der Waals surface area (Å²) in [5.41, 5.74) is 4.67. The lowest BCUT2D eigenvalue weighted by atomic mass is 10.1. The average Bonchev–Trinajstić information content (AvgIpc) is 3.18. The molecular weight excluding hydrogens is 398 g/mol. The molecule has 0 radical (unpaired) electrons. The monoisotopic (exact) mass is 419 g/mol. The molecule has 2 N–H and O–H groups in total. The van der Waals surface area contributed by atoms with Crippen molar-refractivity contribution in [3.8, 4) is 22.7 Å². The van der Waals surface area contributed by atoms with E-state index in [1.165, 1.54) is 12.1 Å². The van der Waals surface area contributed by atoms with Crippen molar-refractivity contribution in [2.45, 2.75) is 11.3 Å². The Balaban J connectivity index is 1.77. The zero-order chi connectivity index (χ0) is 21.1. The van der Waals surface area contributed by atoms with E-state index in [0.29, 0.717) is 6.42 Å². The molecule has 0 fully saturated rings. The summed E-state index contributed by atoms with van der Waals surface area (Å²) in [7, 11) is -2.11. The van der Waals surface area contributed by atoms with E-state index in [2.05, 4.69) is 12.1 Å². The molecule has 3 aromatic carbocycles. The molecule has 0 aliphatic rings. The quantitative estimate of drug-likeness (QED) is 0.515. The van der Waals surface area contributed by atoms with Crippen molar-refractivity contribution in [3.05, 3.63) is 96.2 Å². The summed E-state index contributed by atoms with van der Waals surface area (Å²) >= 11 is 0. The molecule has 0 spiro atoms. The van der Waals surface area contributed by atoms with Crippen LogP contribution in [0.25, 0.3) is 16.9 Å². The lowest BCUT2D eigenvalue weighted by Crippen LogP contribution is -2.12. The zero-order valence-electron chi connectivity index (χ0n) is 16.4. The maximum absolute atomic E-state index is 11.6. The molecule has 1 heterocycles. The van der Waals surface area contributed by atoms with Crippen molar-refractivity contribution in [1.29, 1.82) is 0 Å². The average molecular weight is 420 g/mol. The van der Waals surface area contributed by atoms with Crippen molar-refractivity contribution < 1.29 is 13.2 Å². The number of nitrogens with two attached hydrogens (primary N) is 1. The number of aromatic nitrogens is 2. The zero-order valence-corrected chi connectivity index (χ0v) is 17.2. The molecule has 7 heteroatoms. The van der Waals surface area contributed by atoms with Gasteiger partial charge < -0.3 is 4.74 Å². The summed E-state index contributed by atoms with van der Waals surface area (Å²) in [4.78, 5) is 0.0680. The standard InChI is InChI=1S/C23H21N3O3S/c1-29-21-11-7-18(8-12-21)23-16-20(15-17-5-3-2-4-6-17)26(25-23)19-9-13-22(14-10-19)30(24,27)28/h2-14,16H,15H2,1H3,(H2,24,27,28). The summed E-state index contributed by atoms with van der Waals surface area (Å²) in [5, 5.41) is 10.0. The lowest BCUT2D eigenvalue weighted by molar-refractivity contribution is 0.415. The Morgan fingerprint density at radius 1 is 0.933 bits per heavy atom. The molecule has 0 saturated carbocycles. The van der Waals surface area contributed by atoms with E-state index >= 15 is 0 Å². The van der Waals surface area contributed by atoms with E-state index in [1.807, 2.05) is 53.2 Å². The predicted octanol–water partition coefficient (Wildman–Crippen LogP) is 3.79. The van der Waals surface area contributed by atoms with Crippen LogP contribution in [0.5, 0.6) is 5.75 Å². The van der Waals surface area contributed by atoms with Gasteiger partial charge in [0.2, 0.25) is 10.0 Å². The highest BCUT2D eigenvalue weighted by Gasteiger charge is 2.14. The van der Waals surface area contributed by atoms with E-state index in [4.69, 9.17) is 15.0 Å². The number of nitrogens with zero attached hydrogens (tertiary/aromatic N) is 2. The van der Waals surface area contributed by atoms with E-state index < -0.39 is 10.0 Å². The van der Waals surface area contributed by atoms with E-state index in [-0.39, 0.29) is 4.90 Å². The van der Waals surface area contributed by atoms with Gasteiger partial charge in [0.15, 0.2) is 0 Å². The highest BCUT2D eigenvalue weighted by Crippen LogP contribution is 2.25. The third kappa shape index (κ3) is 4.27. The highest BCUT2D eigenvalue weighted by atomic mass is 32.2. The molecule has 0 aliphatic heterocycles.